The van der Waals surface area contributed by atoms with Crippen molar-refractivity contribution in [2.24, 2.45) is 0 Å². The average molecular weight is 319 g/mol. The van der Waals surface area contributed by atoms with Crippen molar-refractivity contribution in [3.05, 3.63) is 35.9 Å². The zero-order valence-corrected chi connectivity index (χ0v) is 14.0. The highest BCUT2D eigenvalue weighted by atomic mass is 16.6. The quantitative estimate of drug-likeness (QED) is 0.800. The largest absolute Gasteiger partial charge is 0.444 e. The van der Waals surface area contributed by atoms with Gasteiger partial charge in [-0.25, -0.2) is 4.79 Å². The molecule has 5 nitrogen and oxygen atoms in total. The number of hydrogen-bond acceptors (Lipinski definition) is 4. The number of carbonyl (C=O) groups is 2. The molecule has 0 radical (unpaired) electrons. The van der Waals surface area contributed by atoms with Gasteiger partial charge in [0.05, 0.1) is 25.3 Å². The van der Waals surface area contributed by atoms with E-state index >= 15 is 0 Å². The monoisotopic (exact) mass is 319 g/mol. The molecular weight excluding hydrogens is 294 g/mol. The zero-order valence-electron chi connectivity index (χ0n) is 14.0. The van der Waals surface area contributed by atoms with E-state index in [1.165, 1.54) is 4.90 Å². The van der Waals surface area contributed by atoms with Gasteiger partial charge in [0.2, 0.25) is 0 Å². The summed E-state index contributed by atoms with van der Waals surface area (Å²) in [5.41, 5.74) is 0.511. The normalized spacial score (nSPS) is 21.8. The number of amides is 1. The molecule has 1 aromatic carbocycles. The van der Waals surface area contributed by atoms with Gasteiger partial charge in [-0.2, -0.15) is 0 Å². The number of piperidine rings is 1. The Kier molecular flexibility index (Phi) is 5.77. The van der Waals surface area contributed by atoms with Crippen LogP contribution in [0.1, 0.15) is 39.2 Å². The van der Waals surface area contributed by atoms with Gasteiger partial charge in [0.1, 0.15) is 11.9 Å². The summed E-state index contributed by atoms with van der Waals surface area (Å²) < 4.78 is 11.3. The summed E-state index contributed by atoms with van der Waals surface area (Å²) in [4.78, 5) is 25.0. The van der Waals surface area contributed by atoms with Crippen LogP contribution in [0.3, 0.4) is 0 Å². The van der Waals surface area contributed by atoms with Crippen molar-refractivity contribution in [1.82, 2.24) is 4.90 Å². The van der Waals surface area contributed by atoms with Crippen LogP contribution in [0.25, 0.3) is 0 Å². The molecule has 0 aromatic heterocycles. The molecule has 1 fully saturated rings. The van der Waals surface area contributed by atoms with Gasteiger partial charge in [0.25, 0.3) is 0 Å². The van der Waals surface area contributed by atoms with Crippen molar-refractivity contribution >= 4 is 12.4 Å². The van der Waals surface area contributed by atoms with Crippen LogP contribution in [0.2, 0.25) is 0 Å². The second-order valence-electron chi connectivity index (χ2n) is 6.83. The summed E-state index contributed by atoms with van der Waals surface area (Å²) in [6.45, 7) is 6.32. The van der Waals surface area contributed by atoms with E-state index in [9.17, 15) is 9.59 Å². The minimum atomic E-state index is -0.581. The Labute approximate surface area is 137 Å². The Bertz CT molecular complexity index is 524. The van der Waals surface area contributed by atoms with E-state index in [-0.39, 0.29) is 6.10 Å². The first-order chi connectivity index (χ1) is 10.9. The Hall–Kier alpha value is -1.88. The van der Waals surface area contributed by atoms with Crippen molar-refractivity contribution in [1.29, 1.82) is 0 Å². The van der Waals surface area contributed by atoms with E-state index in [2.05, 4.69) is 0 Å². The molecule has 1 aromatic rings. The molecule has 1 amide bonds. The van der Waals surface area contributed by atoms with E-state index in [1.807, 2.05) is 51.1 Å². The minimum Gasteiger partial charge on any atom is -0.444 e. The third-order valence-electron chi connectivity index (χ3n) is 3.70. The zero-order chi connectivity index (χ0) is 16.9. The van der Waals surface area contributed by atoms with Gasteiger partial charge >= 0.3 is 6.09 Å². The summed E-state index contributed by atoms with van der Waals surface area (Å²) in [6, 6.07) is 9.47. The first kappa shape index (κ1) is 17.5. The number of nitrogens with zero attached hydrogens (tertiary/aromatic N) is 1. The highest BCUT2D eigenvalue weighted by molar-refractivity contribution is 5.74. The maximum atomic E-state index is 12.3. The molecule has 5 heteroatoms. The topological polar surface area (TPSA) is 55.8 Å². The van der Waals surface area contributed by atoms with Crippen LogP contribution >= 0.6 is 0 Å². The fourth-order valence-corrected chi connectivity index (χ4v) is 2.55. The molecule has 23 heavy (non-hydrogen) atoms. The van der Waals surface area contributed by atoms with Crippen molar-refractivity contribution in [3.8, 4) is 0 Å². The van der Waals surface area contributed by atoms with E-state index in [1.54, 1.807) is 0 Å². The first-order valence-electron chi connectivity index (χ1n) is 7.99. The van der Waals surface area contributed by atoms with E-state index in [0.717, 1.165) is 18.3 Å². The lowest BCUT2D eigenvalue weighted by molar-refractivity contribution is -0.116. The molecule has 0 aliphatic carbocycles. The van der Waals surface area contributed by atoms with Gasteiger partial charge < -0.3 is 14.3 Å². The molecule has 0 N–H and O–H groups in total. The van der Waals surface area contributed by atoms with Crippen LogP contribution in [-0.2, 0) is 20.9 Å². The van der Waals surface area contributed by atoms with Crippen LogP contribution in [0.5, 0.6) is 0 Å². The summed E-state index contributed by atoms with van der Waals surface area (Å²) in [5.74, 6) is 0. The van der Waals surface area contributed by atoms with Gasteiger partial charge in [0.15, 0.2) is 0 Å². The van der Waals surface area contributed by atoms with Gasteiger partial charge in [-0.05, 0) is 39.2 Å². The summed E-state index contributed by atoms with van der Waals surface area (Å²) in [5, 5.41) is 0. The number of rotatable bonds is 4. The Morgan fingerprint density at radius 3 is 2.57 bits per heavy atom. The van der Waals surface area contributed by atoms with Gasteiger partial charge in [-0.3, -0.25) is 4.90 Å². The fraction of sp³-hybridized carbons (Fsp3) is 0.556. The van der Waals surface area contributed by atoms with Gasteiger partial charge in [0, 0.05) is 0 Å². The van der Waals surface area contributed by atoms with Crippen LogP contribution < -0.4 is 0 Å². The lowest BCUT2D eigenvalue weighted by Crippen LogP contribution is -2.51. The second kappa shape index (κ2) is 7.59. The Balaban J connectivity index is 1.94. The van der Waals surface area contributed by atoms with Crippen LogP contribution in [0.15, 0.2) is 30.3 Å². The van der Waals surface area contributed by atoms with Crippen molar-refractivity contribution in [3.63, 3.8) is 0 Å². The second-order valence-corrected chi connectivity index (χ2v) is 6.83. The predicted molar refractivity (Wildman–Crippen MR) is 87.0 cm³/mol. The average Bonchev–Trinajstić information content (AvgIpc) is 2.52. The number of likely N-dealkylation sites (tertiary alicyclic amines) is 1. The molecule has 1 aliphatic heterocycles. The fourth-order valence-electron chi connectivity index (χ4n) is 2.55. The van der Waals surface area contributed by atoms with E-state index in [0.29, 0.717) is 19.6 Å². The van der Waals surface area contributed by atoms with Gasteiger partial charge in [-0.1, -0.05) is 30.3 Å². The van der Waals surface area contributed by atoms with Crippen molar-refractivity contribution in [2.45, 2.75) is 58.0 Å². The predicted octanol–water partition coefficient (Wildman–Crippen LogP) is 3.17. The maximum Gasteiger partial charge on any atom is 0.410 e. The molecule has 1 saturated heterocycles. The molecule has 0 saturated carbocycles. The summed E-state index contributed by atoms with van der Waals surface area (Å²) >= 11 is 0. The van der Waals surface area contributed by atoms with Crippen molar-refractivity contribution in [2.75, 3.05) is 6.54 Å². The number of aldehydes is 1. The van der Waals surface area contributed by atoms with Gasteiger partial charge in [-0.15, -0.1) is 0 Å². The highest BCUT2D eigenvalue weighted by Crippen LogP contribution is 2.22. The molecule has 2 rings (SSSR count). The molecule has 2 atom stereocenters. The molecular formula is C18H25NO4. The van der Waals surface area contributed by atoms with Crippen LogP contribution in [0, 0.1) is 0 Å². The lowest BCUT2D eigenvalue weighted by atomic mass is 10.0. The minimum absolute atomic E-state index is 0.0843. The number of hydrogen-bond donors (Lipinski definition) is 0. The van der Waals surface area contributed by atoms with E-state index < -0.39 is 17.7 Å². The molecule has 1 heterocycles. The van der Waals surface area contributed by atoms with Crippen molar-refractivity contribution < 1.29 is 19.1 Å². The van der Waals surface area contributed by atoms with Crippen LogP contribution in [-0.4, -0.2) is 41.6 Å². The number of carbonyl (C=O) groups excluding carboxylic acids is 2. The highest BCUT2D eigenvalue weighted by Gasteiger charge is 2.34. The number of ether oxygens (including phenoxy) is 2. The molecule has 0 bridgehead atoms. The third kappa shape index (κ3) is 5.36. The SMILES string of the molecule is CC(C)(C)OC(=O)N1CC(OCc2ccccc2)CCC1C=O. The Morgan fingerprint density at radius 1 is 1.26 bits per heavy atom. The van der Waals surface area contributed by atoms with E-state index in [4.69, 9.17) is 9.47 Å². The molecule has 126 valence electrons. The summed E-state index contributed by atoms with van der Waals surface area (Å²) in [7, 11) is 0. The Morgan fingerprint density at radius 2 is 1.96 bits per heavy atom. The summed E-state index contributed by atoms with van der Waals surface area (Å²) in [6.07, 6.45) is 1.64. The van der Waals surface area contributed by atoms with Crippen LogP contribution in [0.4, 0.5) is 4.79 Å². The lowest BCUT2D eigenvalue weighted by Gasteiger charge is -2.37. The first-order valence-corrected chi connectivity index (χ1v) is 7.99. The molecule has 1 aliphatic rings. The molecule has 2 unspecified atom stereocenters. The number of benzene rings is 1. The molecule has 0 spiro atoms. The smallest absolute Gasteiger partial charge is 0.410 e. The maximum absolute atomic E-state index is 12.3. The standard InChI is InChI=1S/C18H25NO4/c1-18(2,3)23-17(21)19-11-16(10-9-15(19)12-20)22-13-14-7-5-4-6-8-14/h4-8,12,15-16H,9-11,13H2,1-3H3. The third-order valence-corrected chi connectivity index (χ3v) is 3.70.